The van der Waals surface area contributed by atoms with E-state index >= 15 is 0 Å². The molecule has 0 N–H and O–H groups in total. The summed E-state index contributed by atoms with van der Waals surface area (Å²) in [5.41, 5.74) is 0.676. The van der Waals surface area contributed by atoms with Crippen LogP contribution >= 0.6 is 11.3 Å². The van der Waals surface area contributed by atoms with E-state index in [1.807, 2.05) is 29.3 Å². The van der Waals surface area contributed by atoms with Crippen molar-refractivity contribution in [3.63, 3.8) is 0 Å². The van der Waals surface area contributed by atoms with Gasteiger partial charge < -0.3 is 4.90 Å². The van der Waals surface area contributed by atoms with Gasteiger partial charge in [-0.15, -0.1) is 16.4 Å². The first-order valence-electron chi connectivity index (χ1n) is 9.25. The minimum absolute atomic E-state index is 0.136. The summed E-state index contributed by atoms with van der Waals surface area (Å²) in [6.07, 6.45) is 4.39. The number of hydrogen-bond acceptors (Lipinski definition) is 4. The molecule has 7 heteroatoms. The maximum Gasteiger partial charge on any atom is 0.293 e. The molecule has 0 unspecified atom stereocenters. The van der Waals surface area contributed by atoms with Crippen LogP contribution in [0.5, 0.6) is 0 Å². The molecule has 1 saturated carbocycles. The Kier molecular flexibility index (Phi) is 5.03. The second-order valence-electron chi connectivity index (χ2n) is 6.65. The predicted octanol–water partition coefficient (Wildman–Crippen LogP) is 4.54. The molecule has 0 radical (unpaired) electrons. The van der Waals surface area contributed by atoms with Gasteiger partial charge >= 0.3 is 0 Å². The number of halogens is 1. The Morgan fingerprint density at radius 3 is 2.63 bits per heavy atom. The zero-order valence-electron chi connectivity index (χ0n) is 15.1. The van der Waals surface area contributed by atoms with Crippen molar-refractivity contribution in [2.75, 3.05) is 6.54 Å². The van der Waals surface area contributed by atoms with E-state index < -0.39 is 0 Å². The highest BCUT2D eigenvalue weighted by molar-refractivity contribution is 7.13. The van der Waals surface area contributed by atoms with Crippen molar-refractivity contribution in [2.45, 2.75) is 38.6 Å². The summed E-state index contributed by atoms with van der Waals surface area (Å²) in [5, 5.41) is 6.46. The molecule has 3 aromatic rings. The van der Waals surface area contributed by atoms with Crippen molar-refractivity contribution in [2.24, 2.45) is 0 Å². The molecule has 1 fully saturated rings. The van der Waals surface area contributed by atoms with Gasteiger partial charge in [-0.1, -0.05) is 18.9 Å². The Morgan fingerprint density at radius 1 is 1.26 bits per heavy atom. The highest BCUT2D eigenvalue weighted by Crippen LogP contribution is 2.28. The number of nitrogens with zero attached hydrogens (tertiary/aromatic N) is 4. The molecule has 27 heavy (non-hydrogen) atoms. The third kappa shape index (κ3) is 3.51. The van der Waals surface area contributed by atoms with E-state index in [2.05, 4.69) is 10.1 Å². The standard InChI is InChI=1S/C20H21FN4OS/c1-2-24(15-6-3-4-7-15)20(26)18-22-19(17-8-5-13-27-17)25(23-18)16-11-9-14(21)10-12-16/h5,8-13,15H,2-4,6-7H2,1H3. The number of hydrogen-bond donors (Lipinski definition) is 0. The summed E-state index contributed by atoms with van der Waals surface area (Å²) in [5.74, 6) is 0.341. The van der Waals surface area contributed by atoms with Crippen molar-refractivity contribution in [1.82, 2.24) is 19.7 Å². The van der Waals surface area contributed by atoms with Crippen molar-refractivity contribution in [3.05, 3.63) is 53.4 Å². The summed E-state index contributed by atoms with van der Waals surface area (Å²) < 4.78 is 15.0. The van der Waals surface area contributed by atoms with Gasteiger partial charge in [0.1, 0.15) is 5.82 Å². The third-order valence-electron chi connectivity index (χ3n) is 4.98. The first-order chi connectivity index (χ1) is 13.2. The topological polar surface area (TPSA) is 51.0 Å². The van der Waals surface area contributed by atoms with Crippen LogP contribution in [0, 0.1) is 5.82 Å². The van der Waals surface area contributed by atoms with Gasteiger partial charge in [0.15, 0.2) is 5.82 Å². The maximum absolute atomic E-state index is 13.3. The third-order valence-corrected chi connectivity index (χ3v) is 5.84. The normalized spacial score (nSPS) is 14.6. The van der Waals surface area contributed by atoms with Crippen LogP contribution in [0.15, 0.2) is 41.8 Å². The number of thiophene rings is 1. The van der Waals surface area contributed by atoms with Gasteiger partial charge in [0.05, 0.1) is 10.6 Å². The highest BCUT2D eigenvalue weighted by atomic mass is 32.1. The lowest BCUT2D eigenvalue weighted by molar-refractivity contribution is 0.0681. The average molecular weight is 384 g/mol. The Morgan fingerprint density at radius 2 is 2.00 bits per heavy atom. The van der Waals surface area contributed by atoms with Crippen LogP contribution in [0.1, 0.15) is 43.2 Å². The molecule has 0 bridgehead atoms. The van der Waals surface area contributed by atoms with Gasteiger partial charge in [-0.05, 0) is 55.5 Å². The number of carbonyl (C=O) groups excluding carboxylic acids is 1. The van der Waals surface area contributed by atoms with Crippen LogP contribution in [0.3, 0.4) is 0 Å². The Bertz CT molecular complexity index is 914. The smallest absolute Gasteiger partial charge is 0.293 e. The minimum Gasteiger partial charge on any atom is -0.333 e. The van der Waals surface area contributed by atoms with Crippen LogP contribution in [0.2, 0.25) is 0 Å². The Balaban J connectivity index is 1.74. The number of amides is 1. The molecule has 140 valence electrons. The van der Waals surface area contributed by atoms with Gasteiger partial charge in [0.2, 0.25) is 5.82 Å². The average Bonchev–Trinajstić information content (AvgIpc) is 3.43. The quantitative estimate of drug-likeness (QED) is 0.649. The fraction of sp³-hybridized carbons (Fsp3) is 0.350. The maximum atomic E-state index is 13.3. The van der Waals surface area contributed by atoms with Crippen LogP contribution < -0.4 is 0 Å². The first kappa shape index (κ1) is 17.9. The molecule has 5 nitrogen and oxygen atoms in total. The van der Waals surface area contributed by atoms with Crippen molar-refractivity contribution in [3.8, 4) is 16.4 Å². The van der Waals surface area contributed by atoms with E-state index in [-0.39, 0.29) is 23.6 Å². The lowest BCUT2D eigenvalue weighted by Gasteiger charge is -2.26. The van der Waals surface area contributed by atoms with Gasteiger partial charge in [-0.2, -0.15) is 0 Å². The SMILES string of the molecule is CCN(C(=O)c1nc(-c2cccs2)n(-c2ccc(F)cc2)n1)C1CCCC1. The molecular formula is C20H21FN4OS. The lowest BCUT2D eigenvalue weighted by atomic mass is 10.2. The van der Waals surface area contributed by atoms with Gasteiger partial charge in [0, 0.05) is 12.6 Å². The number of carbonyl (C=O) groups is 1. The van der Waals surface area contributed by atoms with E-state index in [1.54, 1.807) is 16.8 Å². The largest absolute Gasteiger partial charge is 0.333 e. The van der Waals surface area contributed by atoms with E-state index in [4.69, 9.17) is 0 Å². The van der Waals surface area contributed by atoms with Gasteiger partial charge in [-0.3, -0.25) is 4.79 Å². The van der Waals surface area contributed by atoms with E-state index in [0.717, 1.165) is 30.6 Å². The first-order valence-corrected chi connectivity index (χ1v) is 10.1. The van der Waals surface area contributed by atoms with E-state index in [9.17, 15) is 9.18 Å². The van der Waals surface area contributed by atoms with Crippen LogP contribution in [-0.4, -0.2) is 38.2 Å². The lowest BCUT2D eigenvalue weighted by Crippen LogP contribution is -2.39. The fourth-order valence-electron chi connectivity index (χ4n) is 3.64. The van der Waals surface area contributed by atoms with Gasteiger partial charge in [0.25, 0.3) is 5.91 Å². The highest BCUT2D eigenvalue weighted by Gasteiger charge is 2.29. The zero-order valence-corrected chi connectivity index (χ0v) is 16.0. The molecule has 4 rings (SSSR count). The molecule has 1 aromatic carbocycles. The van der Waals surface area contributed by atoms with Crippen molar-refractivity contribution >= 4 is 17.2 Å². The minimum atomic E-state index is -0.314. The molecule has 2 heterocycles. The summed E-state index contributed by atoms with van der Waals surface area (Å²) in [4.78, 5) is 20.5. The van der Waals surface area contributed by atoms with Crippen molar-refractivity contribution < 1.29 is 9.18 Å². The molecule has 0 spiro atoms. The summed E-state index contributed by atoms with van der Waals surface area (Å²) in [7, 11) is 0. The second kappa shape index (κ2) is 7.60. The molecule has 0 aliphatic heterocycles. The second-order valence-corrected chi connectivity index (χ2v) is 7.60. The van der Waals surface area contributed by atoms with E-state index in [0.29, 0.717) is 18.1 Å². The van der Waals surface area contributed by atoms with Crippen LogP contribution in [0.25, 0.3) is 16.4 Å². The molecule has 1 amide bonds. The van der Waals surface area contributed by atoms with E-state index in [1.165, 1.54) is 23.5 Å². The number of aromatic nitrogens is 3. The van der Waals surface area contributed by atoms with Crippen LogP contribution in [-0.2, 0) is 0 Å². The van der Waals surface area contributed by atoms with Crippen LogP contribution in [0.4, 0.5) is 4.39 Å². The Hall–Kier alpha value is -2.54. The summed E-state index contributed by atoms with van der Waals surface area (Å²) >= 11 is 1.53. The molecular weight excluding hydrogens is 363 g/mol. The summed E-state index contributed by atoms with van der Waals surface area (Å²) in [6.45, 7) is 2.64. The molecule has 2 aromatic heterocycles. The molecule has 1 aliphatic rings. The zero-order chi connectivity index (χ0) is 18.8. The molecule has 0 saturated heterocycles. The Labute approximate surface area is 161 Å². The molecule has 1 aliphatic carbocycles. The monoisotopic (exact) mass is 384 g/mol. The number of rotatable bonds is 5. The van der Waals surface area contributed by atoms with Gasteiger partial charge in [-0.25, -0.2) is 14.1 Å². The fourth-order valence-corrected chi connectivity index (χ4v) is 4.34. The molecule has 0 atom stereocenters. The number of benzene rings is 1. The predicted molar refractivity (Wildman–Crippen MR) is 104 cm³/mol. The van der Waals surface area contributed by atoms with Crippen molar-refractivity contribution in [1.29, 1.82) is 0 Å². The summed E-state index contributed by atoms with van der Waals surface area (Å²) in [6, 6.07) is 10.2.